The van der Waals surface area contributed by atoms with Crippen LogP contribution in [0.3, 0.4) is 0 Å². The van der Waals surface area contributed by atoms with Gasteiger partial charge in [-0.15, -0.1) is 0 Å². The van der Waals surface area contributed by atoms with Gasteiger partial charge in [0.25, 0.3) is 0 Å². The monoisotopic (exact) mass is 301 g/mol. The Bertz CT molecular complexity index is 529. The maximum Gasteiger partial charge on any atom is 0.237 e. The predicted octanol–water partition coefficient (Wildman–Crippen LogP) is 4.50. The van der Waals surface area contributed by atoms with Gasteiger partial charge in [0.15, 0.2) is 5.78 Å². The van der Waals surface area contributed by atoms with Crippen LogP contribution in [0.4, 0.5) is 5.69 Å². The number of hydrogen-bond donors (Lipinski definition) is 1. The van der Waals surface area contributed by atoms with E-state index in [0.717, 1.165) is 36.9 Å². The number of rotatable bonds is 5. The molecular formula is C19H27NO2. The van der Waals surface area contributed by atoms with E-state index >= 15 is 0 Å². The third-order valence-corrected chi connectivity index (χ3v) is 5.04. The maximum atomic E-state index is 12.9. The Labute approximate surface area is 133 Å². The molecule has 0 bridgehead atoms. The summed E-state index contributed by atoms with van der Waals surface area (Å²) in [5.41, 5.74) is 0.980. The molecule has 3 nitrogen and oxygen atoms in total. The average Bonchev–Trinajstić information content (AvgIpc) is 2.56. The molecule has 1 aliphatic rings. The number of aryl methyl sites for hydroxylation is 1. The second kappa shape index (κ2) is 7.08. The molecule has 2 rings (SSSR count). The first-order chi connectivity index (χ1) is 10.5. The van der Waals surface area contributed by atoms with E-state index in [1.165, 1.54) is 6.42 Å². The van der Waals surface area contributed by atoms with Gasteiger partial charge in [-0.25, -0.2) is 0 Å². The van der Waals surface area contributed by atoms with E-state index in [9.17, 15) is 9.59 Å². The van der Waals surface area contributed by atoms with Crippen LogP contribution in [0, 0.1) is 18.3 Å². The van der Waals surface area contributed by atoms with Gasteiger partial charge in [-0.05, 0) is 45.2 Å². The molecule has 1 unspecified atom stereocenters. The molecule has 0 saturated heterocycles. The highest BCUT2D eigenvalue weighted by Crippen LogP contribution is 2.34. The Morgan fingerprint density at radius 1 is 1.14 bits per heavy atom. The third kappa shape index (κ3) is 3.57. The molecule has 3 heteroatoms. The fraction of sp³-hybridized carbons (Fsp3) is 0.579. The molecule has 0 aromatic heterocycles. The lowest BCUT2D eigenvalue weighted by Crippen LogP contribution is -2.43. The zero-order chi connectivity index (χ0) is 16.2. The number of amides is 1. The van der Waals surface area contributed by atoms with Gasteiger partial charge in [-0.1, -0.05) is 43.9 Å². The number of anilines is 1. The Balaban J connectivity index is 2.11. The topological polar surface area (TPSA) is 46.2 Å². The van der Waals surface area contributed by atoms with Crippen molar-refractivity contribution < 1.29 is 9.59 Å². The van der Waals surface area contributed by atoms with Crippen LogP contribution in [0.2, 0.25) is 0 Å². The van der Waals surface area contributed by atoms with Crippen molar-refractivity contribution in [3.8, 4) is 0 Å². The van der Waals surface area contributed by atoms with Crippen LogP contribution in [-0.4, -0.2) is 11.7 Å². The van der Waals surface area contributed by atoms with Crippen LogP contribution in [0.15, 0.2) is 24.3 Å². The summed E-state index contributed by atoms with van der Waals surface area (Å²) < 4.78 is 0. The summed E-state index contributed by atoms with van der Waals surface area (Å²) in [6.07, 6.45) is 5.84. The lowest BCUT2D eigenvalue weighted by Gasteiger charge is -2.31. The van der Waals surface area contributed by atoms with E-state index in [4.69, 9.17) is 0 Å². The molecule has 22 heavy (non-hydrogen) atoms. The minimum absolute atomic E-state index is 0.0578. The molecule has 1 N–H and O–H groups in total. The summed E-state index contributed by atoms with van der Waals surface area (Å²) >= 11 is 0. The second-order valence-electron chi connectivity index (χ2n) is 6.70. The van der Waals surface area contributed by atoms with Gasteiger partial charge in [0, 0.05) is 11.6 Å². The molecule has 0 spiro atoms. The lowest BCUT2D eigenvalue weighted by atomic mass is 9.72. The normalized spacial score (nSPS) is 18.5. The smallest absolute Gasteiger partial charge is 0.237 e. The Morgan fingerprint density at radius 2 is 1.73 bits per heavy atom. The van der Waals surface area contributed by atoms with Crippen molar-refractivity contribution in [1.82, 2.24) is 0 Å². The van der Waals surface area contributed by atoms with Crippen LogP contribution in [-0.2, 0) is 9.59 Å². The zero-order valence-corrected chi connectivity index (χ0v) is 13.9. The summed E-state index contributed by atoms with van der Waals surface area (Å²) in [6.45, 7) is 5.73. The van der Waals surface area contributed by atoms with Crippen LogP contribution in [0.1, 0.15) is 57.9 Å². The summed E-state index contributed by atoms with van der Waals surface area (Å²) in [5.74, 6) is 0.0104. The van der Waals surface area contributed by atoms with E-state index in [1.807, 2.05) is 38.1 Å². The number of carbonyl (C=O) groups excluding carboxylic acids is 2. The van der Waals surface area contributed by atoms with E-state index in [-0.39, 0.29) is 17.6 Å². The zero-order valence-electron chi connectivity index (χ0n) is 13.9. The highest BCUT2D eigenvalue weighted by Gasteiger charge is 2.42. The van der Waals surface area contributed by atoms with Crippen LogP contribution in [0.5, 0.6) is 0 Å². The SMILES string of the molecule is CCC(C)(C(=O)Nc1ccc(C)cc1)C(=O)C1CCCCC1. The minimum atomic E-state index is -0.924. The fourth-order valence-electron chi connectivity index (χ4n) is 3.17. The Morgan fingerprint density at radius 3 is 2.27 bits per heavy atom. The van der Waals surface area contributed by atoms with Gasteiger partial charge in [0.1, 0.15) is 5.41 Å². The predicted molar refractivity (Wildman–Crippen MR) is 89.8 cm³/mol. The van der Waals surface area contributed by atoms with E-state index < -0.39 is 5.41 Å². The number of benzene rings is 1. The standard InChI is InChI=1S/C19H27NO2/c1-4-19(3,17(21)15-8-6-5-7-9-15)18(22)20-16-12-10-14(2)11-13-16/h10-13,15H,4-9H2,1-3H3,(H,20,22). The molecule has 1 aromatic carbocycles. The van der Waals surface area contributed by atoms with Gasteiger partial charge < -0.3 is 5.32 Å². The molecule has 1 saturated carbocycles. The van der Waals surface area contributed by atoms with Gasteiger partial charge in [0.2, 0.25) is 5.91 Å². The first-order valence-electron chi connectivity index (χ1n) is 8.40. The van der Waals surface area contributed by atoms with Crippen molar-refractivity contribution >= 4 is 17.4 Å². The molecule has 0 aliphatic heterocycles. The molecule has 0 heterocycles. The number of hydrogen-bond acceptors (Lipinski definition) is 2. The first-order valence-corrected chi connectivity index (χ1v) is 8.40. The fourth-order valence-corrected chi connectivity index (χ4v) is 3.17. The molecule has 1 aromatic rings. The summed E-state index contributed by atoms with van der Waals surface area (Å²) in [5, 5.41) is 2.92. The van der Waals surface area contributed by atoms with E-state index in [1.54, 1.807) is 6.92 Å². The summed E-state index contributed by atoms with van der Waals surface area (Å²) in [7, 11) is 0. The van der Waals surface area contributed by atoms with Crippen LogP contribution in [0.25, 0.3) is 0 Å². The number of Topliss-reactive ketones (excluding diaryl/α,β-unsaturated/α-hetero) is 1. The van der Waals surface area contributed by atoms with E-state index in [2.05, 4.69) is 5.32 Å². The quantitative estimate of drug-likeness (QED) is 0.814. The van der Waals surface area contributed by atoms with Crippen molar-refractivity contribution in [1.29, 1.82) is 0 Å². The van der Waals surface area contributed by atoms with Gasteiger partial charge in [-0.2, -0.15) is 0 Å². The largest absolute Gasteiger partial charge is 0.325 e. The van der Waals surface area contributed by atoms with Crippen molar-refractivity contribution in [2.45, 2.75) is 59.3 Å². The third-order valence-electron chi connectivity index (χ3n) is 5.04. The highest BCUT2D eigenvalue weighted by atomic mass is 16.2. The van der Waals surface area contributed by atoms with Crippen LogP contribution < -0.4 is 5.32 Å². The highest BCUT2D eigenvalue weighted by molar-refractivity contribution is 6.11. The molecule has 1 aliphatic carbocycles. The minimum Gasteiger partial charge on any atom is -0.325 e. The molecule has 1 amide bonds. The second-order valence-corrected chi connectivity index (χ2v) is 6.70. The van der Waals surface area contributed by atoms with Crippen LogP contribution >= 0.6 is 0 Å². The van der Waals surface area contributed by atoms with Crippen molar-refractivity contribution in [3.63, 3.8) is 0 Å². The van der Waals surface area contributed by atoms with Crippen molar-refractivity contribution in [2.24, 2.45) is 11.3 Å². The number of nitrogens with one attached hydrogen (secondary N) is 1. The Hall–Kier alpha value is -1.64. The maximum absolute atomic E-state index is 12.9. The summed E-state index contributed by atoms with van der Waals surface area (Å²) in [4.78, 5) is 25.6. The van der Waals surface area contributed by atoms with Gasteiger partial charge in [-0.3, -0.25) is 9.59 Å². The molecular weight excluding hydrogens is 274 g/mol. The number of ketones is 1. The summed E-state index contributed by atoms with van der Waals surface area (Å²) in [6, 6.07) is 7.69. The van der Waals surface area contributed by atoms with E-state index in [0.29, 0.717) is 6.42 Å². The molecule has 120 valence electrons. The van der Waals surface area contributed by atoms with Crippen molar-refractivity contribution in [3.05, 3.63) is 29.8 Å². The van der Waals surface area contributed by atoms with Crippen molar-refractivity contribution in [2.75, 3.05) is 5.32 Å². The van der Waals surface area contributed by atoms with Gasteiger partial charge in [0.05, 0.1) is 0 Å². The molecule has 0 radical (unpaired) electrons. The molecule has 1 fully saturated rings. The molecule has 1 atom stereocenters. The van der Waals surface area contributed by atoms with Gasteiger partial charge >= 0.3 is 0 Å². The number of carbonyl (C=O) groups is 2. The first kappa shape index (κ1) is 16.7. The average molecular weight is 301 g/mol. The Kier molecular flexibility index (Phi) is 5.38. The lowest BCUT2D eigenvalue weighted by molar-refractivity contribution is -0.141.